The van der Waals surface area contributed by atoms with Crippen LogP contribution in [0.4, 0.5) is 0 Å². The van der Waals surface area contributed by atoms with E-state index >= 15 is 0 Å². The van der Waals surface area contributed by atoms with Crippen molar-refractivity contribution in [2.45, 2.75) is 26.2 Å². The molecule has 0 atom stereocenters. The van der Waals surface area contributed by atoms with Crippen molar-refractivity contribution in [3.05, 3.63) is 99.7 Å². The van der Waals surface area contributed by atoms with Crippen molar-refractivity contribution in [1.82, 2.24) is 0 Å². The molecule has 0 saturated carbocycles. The van der Waals surface area contributed by atoms with Crippen LogP contribution in [0.15, 0.2) is 88.5 Å². The van der Waals surface area contributed by atoms with Crippen LogP contribution in [-0.4, -0.2) is 0 Å². The molecule has 0 nitrogen and oxygen atoms in total. The zero-order chi connectivity index (χ0) is 19.2. The summed E-state index contributed by atoms with van der Waals surface area (Å²) in [6, 6.07) is 22.2. The molecule has 0 unspecified atom stereocenters. The number of fused-ring (bicyclic) bond motifs is 2. The molecule has 3 aromatic carbocycles. The molecule has 0 N–H and O–H groups in total. The highest BCUT2D eigenvalue weighted by molar-refractivity contribution is 14.1. The Bertz CT molecular complexity index is 1130. The van der Waals surface area contributed by atoms with Gasteiger partial charge in [0.05, 0.1) is 0 Å². The predicted molar refractivity (Wildman–Crippen MR) is 127 cm³/mol. The summed E-state index contributed by atoms with van der Waals surface area (Å²) in [7, 11) is 0. The largest absolute Gasteiger partial charge is 0.0856 e. The van der Waals surface area contributed by atoms with E-state index in [1.54, 1.807) is 0 Å². The molecule has 0 aliphatic heterocycles. The molecule has 0 heterocycles. The summed E-state index contributed by atoms with van der Waals surface area (Å²) >= 11 is 2.30. The summed E-state index contributed by atoms with van der Waals surface area (Å²) in [5, 5.41) is 2.57. The second-order valence-corrected chi connectivity index (χ2v) is 9.04. The van der Waals surface area contributed by atoms with Crippen LogP contribution in [0.5, 0.6) is 0 Å². The Kier molecular flexibility index (Phi) is 4.59. The zero-order valence-electron chi connectivity index (χ0n) is 16.0. The predicted octanol–water partition coefficient (Wildman–Crippen LogP) is 8.08. The van der Waals surface area contributed by atoms with Gasteiger partial charge in [0.15, 0.2) is 0 Å². The Hall–Kier alpha value is -2.13. The van der Waals surface area contributed by atoms with Crippen LogP contribution in [0.2, 0.25) is 0 Å². The van der Waals surface area contributed by atoms with Crippen LogP contribution in [0.3, 0.4) is 0 Å². The van der Waals surface area contributed by atoms with Crippen molar-refractivity contribution in [3.63, 3.8) is 0 Å². The van der Waals surface area contributed by atoms with Gasteiger partial charge in [0.25, 0.3) is 0 Å². The molecule has 27 heavy (non-hydrogen) atoms. The monoisotopic (exact) mass is 462 g/mol. The Labute approximate surface area is 175 Å². The number of halogens is 1. The molecular formula is C26H23I. The SMILES string of the molecule is C=C(I)C=C1/C(=C\C)c2ccc(-c3ccc4ccccc4c3)cc2C1(C)C. The fraction of sp³-hybridized carbons (Fsp3) is 0.154. The van der Waals surface area contributed by atoms with Gasteiger partial charge in [-0.2, -0.15) is 0 Å². The standard InChI is InChI=1S/C26H23I/c1-5-22-23-13-12-21(16-25(23)26(3,4)24(22)14-17(2)27)20-11-10-18-8-6-7-9-19(18)15-20/h5-16H,2H2,1,3-4H3/b22-5-,24-14?. The van der Waals surface area contributed by atoms with E-state index in [1.807, 2.05) is 0 Å². The van der Waals surface area contributed by atoms with E-state index in [4.69, 9.17) is 0 Å². The highest BCUT2D eigenvalue weighted by Crippen LogP contribution is 2.51. The van der Waals surface area contributed by atoms with Crippen LogP contribution in [-0.2, 0) is 5.41 Å². The van der Waals surface area contributed by atoms with Crippen LogP contribution >= 0.6 is 22.6 Å². The molecule has 1 heteroatoms. The number of benzene rings is 3. The van der Waals surface area contributed by atoms with Crippen LogP contribution in [0.25, 0.3) is 27.5 Å². The van der Waals surface area contributed by atoms with Crippen molar-refractivity contribution < 1.29 is 0 Å². The van der Waals surface area contributed by atoms with Gasteiger partial charge in [0, 0.05) is 8.99 Å². The smallest absolute Gasteiger partial charge is 0.0159 e. The first-order chi connectivity index (χ1) is 12.9. The summed E-state index contributed by atoms with van der Waals surface area (Å²) in [6.07, 6.45) is 4.46. The Morgan fingerprint density at radius 2 is 1.59 bits per heavy atom. The molecule has 3 aromatic rings. The molecule has 0 amide bonds. The van der Waals surface area contributed by atoms with Crippen molar-refractivity contribution in [3.8, 4) is 11.1 Å². The molecule has 0 bridgehead atoms. The maximum absolute atomic E-state index is 4.09. The topological polar surface area (TPSA) is 0 Å². The quantitative estimate of drug-likeness (QED) is 0.338. The lowest BCUT2D eigenvalue weighted by Crippen LogP contribution is -2.15. The van der Waals surface area contributed by atoms with Gasteiger partial charge in [-0.25, -0.2) is 0 Å². The number of allylic oxidation sites excluding steroid dienone is 5. The van der Waals surface area contributed by atoms with E-state index in [9.17, 15) is 0 Å². The van der Waals surface area contributed by atoms with Gasteiger partial charge in [0.1, 0.15) is 0 Å². The molecule has 134 valence electrons. The van der Waals surface area contributed by atoms with E-state index in [1.165, 1.54) is 44.2 Å². The van der Waals surface area contributed by atoms with E-state index in [2.05, 4.69) is 123 Å². The molecule has 1 aliphatic carbocycles. The Morgan fingerprint density at radius 3 is 2.30 bits per heavy atom. The molecule has 0 radical (unpaired) electrons. The van der Waals surface area contributed by atoms with E-state index in [-0.39, 0.29) is 5.41 Å². The molecule has 4 rings (SSSR count). The van der Waals surface area contributed by atoms with Gasteiger partial charge >= 0.3 is 0 Å². The highest BCUT2D eigenvalue weighted by Gasteiger charge is 2.37. The molecule has 0 aromatic heterocycles. The lowest BCUT2D eigenvalue weighted by Gasteiger charge is -2.22. The normalized spacial score (nSPS) is 18.2. The average molecular weight is 462 g/mol. The Balaban J connectivity index is 1.88. The third kappa shape index (κ3) is 3.08. The number of hydrogen-bond acceptors (Lipinski definition) is 0. The van der Waals surface area contributed by atoms with Crippen LogP contribution in [0.1, 0.15) is 31.9 Å². The van der Waals surface area contributed by atoms with Crippen LogP contribution in [0, 0.1) is 0 Å². The minimum atomic E-state index is -0.0296. The van der Waals surface area contributed by atoms with Crippen molar-refractivity contribution in [2.24, 2.45) is 0 Å². The summed E-state index contributed by atoms with van der Waals surface area (Å²) in [5.41, 5.74) is 7.94. The second-order valence-electron chi connectivity index (χ2n) is 7.65. The summed E-state index contributed by atoms with van der Waals surface area (Å²) in [4.78, 5) is 0. The molecule has 0 spiro atoms. The lowest BCUT2D eigenvalue weighted by atomic mass is 9.81. The minimum Gasteiger partial charge on any atom is -0.0856 e. The van der Waals surface area contributed by atoms with Gasteiger partial charge in [-0.1, -0.05) is 75.0 Å². The number of hydrogen-bond donors (Lipinski definition) is 0. The highest BCUT2D eigenvalue weighted by atomic mass is 127. The first-order valence-electron chi connectivity index (χ1n) is 9.29. The average Bonchev–Trinajstić information content (AvgIpc) is 2.87. The third-order valence-corrected chi connectivity index (χ3v) is 5.93. The lowest BCUT2D eigenvalue weighted by molar-refractivity contribution is 0.661. The fourth-order valence-electron chi connectivity index (χ4n) is 4.20. The van der Waals surface area contributed by atoms with Gasteiger partial charge < -0.3 is 0 Å². The van der Waals surface area contributed by atoms with Gasteiger partial charge in [0.2, 0.25) is 0 Å². The molecular weight excluding hydrogens is 439 g/mol. The third-order valence-electron chi connectivity index (χ3n) is 5.62. The summed E-state index contributed by atoms with van der Waals surface area (Å²) in [6.45, 7) is 10.9. The molecule has 1 aliphatic rings. The molecule has 0 saturated heterocycles. The number of rotatable bonds is 2. The van der Waals surface area contributed by atoms with E-state index in [0.717, 1.165) is 3.58 Å². The minimum absolute atomic E-state index is 0.0296. The maximum Gasteiger partial charge on any atom is 0.0159 e. The maximum atomic E-state index is 4.09. The fourth-order valence-corrected chi connectivity index (χ4v) is 4.51. The summed E-state index contributed by atoms with van der Waals surface area (Å²) in [5.74, 6) is 0. The van der Waals surface area contributed by atoms with E-state index < -0.39 is 0 Å². The van der Waals surface area contributed by atoms with Crippen LogP contribution < -0.4 is 0 Å². The Morgan fingerprint density at radius 1 is 0.926 bits per heavy atom. The molecule has 0 fully saturated rings. The first kappa shape index (κ1) is 18.2. The first-order valence-corrected chi connectivity index (χ1v) is 10.4. The van der Waals surface area contributed by atoms with Gasteiger partial charge in [-0.3, -0.25) is 0 Å². The van der Waals surface area contributed by atoms with E-state index in [0.29, 0.717) is 0 Å². The second kappa shape index (κ2) is 6.79. The van der Waals surface area contributed by atoms with Gasteiger partial charge in [-0.15, -0.1) is 0 Å². The summed E-state index contributed by atoms with van der Waals surface area (Å²) < 4.78 is 1.07. The van der Waals surface area contributed by atoms with Crippen molar-refractivity contribution in [1.29, 1.82) is 0 Å². The van der Waals surface area contributed by atoms with Crippen molar-refractivity contribution >= 4 is 38.9 Å². The van der Waals surface area contributed by atoms with Gasteiger partial charge in [-0.05, 0) is 91.9 Å². The zero-order valence-corrected chi connectivity index (χ0v) is 18.2. The van der Waals surface area contributed by atoms with Crippen molar-refractivity contribution in [2.75, 3.05) is 0 Å².